The van der Waals surface area contributed by atoms with E-state index in [0.29, 0.717) is 25.0 Å². The van der Waals surface area contributed by atoms with Crippen LogP contribution >= 0.6 is 0 Å². The second-order valence-electron chi connectivity index (χ2n) is 7.71. The number of amides is 3. The minimum atomic E-state index is -0.398. The van der Waals surface area contributed by atoms with Crippen LogP contribution in [0.15, 0.2) is 30.3 Å². The van der Waals surface area contributed by atoms with Crippen molar-refractivity contribution in [2.24, 2.45) is 5.92 Å². The first-order valence-corrected chi connectivity index (χ1v) is 10.2. The van der Waals surface area contributed by atoms with Crippen LogP contribution in [0.3, 0.4) is 0 Å². The normalized spacial score (nSPS) is 23.9. The number of carbonyl (C=O) groups excluding carboxylic acids is 2. The van der Waals surface area contributed by atoms with Gasteiger partial charge in [-0.25, -0.2) is 4.79 Å². The Morgan fingerprint density at radius 3 is 2.67 bits per heavy atom. The molecule has 148 valence electrons. The first kappa shape index (κ1) is 19.8. The molecule has 0 aromatic heterocycles. The van der Waals surface area contributed by atoms with Crippen molar-refractivity contribution in [1.29, 1.82) is 0 Å². The standard InChI is InChI=1S/C21H32N4O2/c1-2-22-21(27)23-20(26)16-25-13-7-11-19(25)18-10-6-12-24(15-18)14-17-8-4-3-5-9-17/h3-5,8-9,18-19H,2,6-7,10-16H2,1H3,(H2,22,23,26,27)/t18-,19+/m1/s1. The summed E-state index contributed by atoms with van der Waals surface area (Å²) in [5.41, 5.74) is 1.36. The average Bonchev–Trinajstić information content (AvgIpc) is 3.11. The minimum Gasteiger partial charge on any atom is -0.338 e. The number of carbonyl (C=O) groups is 2. The highest BCUT2D eigenvalue weighted by Gasteiger charge is 2.35. The highest BCUT2D eigenvalue weighted by atomic mass is 16.2. The van der Waals surface area contributed by atoms with Gasteiger partial charge in [0.15, 0.2) is 0 Å². The molecule has 2 N–H and O–H groups in total. The molecule has 2 aliphatic rings. The van der Waals surface area contributed by atoms with Crippen molar-refractivity contribution in [3.8, 4) is 0 Å². The van der Waals surface area contributed by atoms with Crippen molar-refractivity contribution < 1.29 is 9.59 Å². The molecule has 2 atom stereocenters. The summed E-state index contributed by atoms with van der Waals surface area (Å²) >= 11 is 0. The monoisotopic (exact) mass is 372 g/mol. The Kier molecular flexibility index (Phi) is 7.24. The van der Waals surface area contributed by atoms with Crippen LogP contribution in [-0.4, -0.2) is 60.5 Å². The molecule has 1 aromatic rings. The summed E-state index contributed by atoms with van der Waals surface area (Å²) in [6, 6.07) is 10.7. The molecule has 0 saturated carbocycles. The SMILES string of the molecule is CCNC(=O)NC(=O)CN1CCC[C@H]1[C@@H]1CCCN(Cc2ccccc2)C1. The van der Waals surface area contributed by atoms with Gasteiger partial charge in [0.2, 0.25) is 5.91 Å². The predicted molar refractivity (Wildman–Crippen MR) is 106 cm³/mol. The Morgan fingerprint density at radius 1 is 1.11 bits per heavy atom. The molecule has 27 heavy (non-hydrogen) atoms. The number of likely N-dealkylation sites (tertiary alicyclic amines) is 2. The minimum absolute atomic E-state index is 0.204. The van der Waals surface area contributed by atoms with Gasteiger partial charge >= 0.3 is 6.03 Å². The summed E-state index contributed by atoms with van der Waals surface area (Å²) in [4.78, 5) is 28.6. The predicted octanol–water partition coefficient (Wildman–Crippen LogP) is 2.21. The summed E-state index contributed by atoms with van der Waals surface area (Å²) < 4.78 is 0. The van der Waals surface area contributed by atoms with Gasteiger partial charge in [-0.1, -0.05) is 30.3 Å². The van der Waals surface area contributed by atoms with Crippen LogP contribution in [0.4, 0.5) is 4.79 Å². The van der Waals surface area contributed by atoms with E-state index in [1.165, 1.54) is 18.4 Å². The fourth-order valence-corrected chi connectivity index (χ4v) is 4.53. The third kappa shape index (κ3) is 5.78. The number of piperidine rings is 1. The molecule has 0 bridgehead atoms. The van der Waals surface area contributed by atoms with Crippen LogP contribution < -0.4 is 10.6 Å². The molecule has 2 fully saturated rings. The molecule has 3 rings (SSSR count). The molecular formula is C21H32N4O2. The van der Waals surface area contributed by atoms with E-state index in [2.05, 4.69) is 50.8 Å². The molecule has 0 unspecified atom stereocenters. The second-order valence-corrected chi connectivity index (χ2v) is 7.71. The van der Waals surface area contributed by atoms with E-state index in [1.54, 1.807) is 0 Å². The average molecular weight is 373 g/mol. The number of nitrogens with one attached hydrogen (secondary N) is 2. The van der Waals surface area contributed by atoms with E-state index in [9.17, 15) is 9.59 Å². The summed E-state index contributed by atoms with van der Waals surface area (Å²) in [5.74, 6) is 0.395. The maximum Gasteiger partial charge on any atom is 0.321 e. The Balaban J connectivity index is 1.52. The number of imide groups is 1. The maximum absolute atomic E-state index is 12.2. The number of rotatable bonds is 6. The van der Waals surface area contributed by atoms with Crippen LogP contribution in [0.5, 0.6) is 0 Å². The third-order valence-electron chi connectivity index (χ3n) is 5.69. The van der Waals surface area contributed by atoms with Gasteiger partial charge in [-0.05, 0) is 57.2 Å². The fraction of sp³-hybridized carbons (Fsp3) is 0.619. The molecule has 6 heteroatoms. The molecule has 2 saturated heterocycles. The van der Waals surface area contributed by atoms with E-state index in [0.717, 1.165) is 39.0 Å². The molecule has 3 amide bonds. The lowest BCUT2D eigenvalue weighted by Gasteiger charge is -2.39. The molecule has 1 aromatic carbocycles. The number of hydrogen-bond acceptors (Lipinski definition) is 4. The number of nitrogens with zero attached hydrogens (tertiary/aromatic N) is 2. The Labute approximate surface area is 162 Å². The van der Waals surface area contributed by atoms with Crippen LogP contribution in [0, 0.1) is 5.92 Å². The number of urea groups is 1. The molecule has 0 spiro atoms. The zero-order valence-corrected chi connectivity index (χ0v) is 16.3. The Bertz CT molecular complexity index is 622. The van der Waals surface area contributed by atoms with Gasteiger partial charge in [-0.15, -0.1) is 0 Å². The van der Waals surface area contributed by atoms with Crippen molar-refractivity contribution in [3.63, 3.8) is 0 Å². The van der Waals surface area contributed by atoms with Crippen molar-refractivity contribution in [3.05, 3.63) is 35.9 Å². The van der Waals surface area contributed by atoms with Gasteiger partial charge in [-0.2, -0.15) is 0 Å². The first-order chi connectivity index (χ1) is 13.2. The second kappa shape index (κ2) is 9.85. The van der Waals surface area contributed by atoms with Gasteiger partial charge < -0.3 is 5.32 Å². The quantitative estimate of drug-likeness (QED) is 0.804. The van der Waals surface area contributed by atoms with Gasteiger partial charge in [-0.3, -0.25) is 19.9 Å². The van der Waals surface area contributed by atoms with E-state index in [1.807, 2.05) is 6.92 Å². The summed E-state index contributed by atoms with van der Waals surface area (Å²) in [5, 5.41) is 5.04. The van der Waals surface area contributed by atoms with Gasteiger partial charge in [0.25, 0.3) is 0 Å². The highest BCUT2D eigenvalue weighted by Crippen LogP contribution is 2.30. The lowest BCUT2D eigenvalue weighted by atomic mass is 9.89. The first-order valence-electron chi connectivity index (χ1n) is 10.2. The van der Waals surface area contributed by atoms with Gasteiger partial charge in [0.1, 0.15) is 0 Å². The van der Waals surface area contributed by atoms with Crippen molar-refractivity contribution in [1.82, 2.24) is 20.4 Å². The van der Waals surface area contributed by atoms with Crippen LogP contribution in [-0.2, 0) is 11.3 Å². The highest BCUT2D eigenvalue weighted by molar-refractivity contribution is 5.95. The van der Waals surface area contributed by atoms with Crippen LogP contribution in [0.25, 0.3) is 0 Å². The molecule has 2 aliphatic heterocycles. The van der Waals surface area contributed by atoms with Crippen molar-refractivity contribution in [2.75, 3.05) is 32.7 Å². The summed E-state index contributed by atoms with van der Waals surface area (Å²) in [6.07, 6.45) is 4.73. The maximum atomic E-state index is 12.2. The van der Waals surface area contributed by atoms with Crippen LogP contribution in [0.1, 0.15) is 38.2 Å². The van der Waals surface area contributed by atoms with Gasteiger partial charge in [0.05, 0.1) is 6.54 Å². The third-order valence-corrected chi connectivity index (χ3v) is 5.69. The zero-order chi connectivity index (χ0) is 19.1. The molecular weight excluding hydrogens is 340 g/mol. The number of benzene rings is 1. The molecule has 2 heterocycles. The zero-order valence-electron chi connectivity index (χ0n) is 16.3. The largest absolute Gasteiger partial charge is 0.338 e. The number of hydrogen-bond donors (Lipinski definition) is 2. The lowest BCUT2D eigenvalue weighted by molar-refractivity contribution is -0.121. The lowest BCUT2D eigenvalue weighted by Crippen LogP contribution is -2.49. The summed E-state index contributed by atoms with van der Waals surface area (Å²) in [7, 11) is 0. The van der Waals surface area contributed by atoms with E-state index < -0.39 is 6.03 Å². The van der Waals surface area contributed by atoms with Crippen molar-refractivity contribution >= 4 is 11.9 Å². The molecule has 0 aliphatic carbocycles. The molecule has 0 radical (unpaired) electrons. The van der Waals surface area contributed by atoms with Gasteiger partial charge in [0, 0.05) is 25.7 Å². The van der Waals surface area contributed by atoms with E-state index in [4.69, 9.17) is 0 Å². The Hall–Kier alpha value is -1.92. The Morgan fingerprint density at radius 2 is 1.89 bits per heavy atom. The molecule has 6 nitrogen and oxygen atoms in total. The topological polar surface area (TPSA) is 64.7 Å². The van der Waals surface area contributed by atoms with E-state index in [-0.39, 0.29) is 5.91 Å². The van der Waals surface area contributed by atoms with E-state index >= 15 is 0 Å². The smallest absolute Gasteiger partial charge is 0.321 e. The summed E-state index contributed by atoms with van der Waals surface area (Å²) in [6.45, 7) is 6.86. The van der Waals surface area contributed by atoms with Crippen LogP contribution in [0.2, 0.25) is 0 Å². The fourth-order valence-electron chi connectivity index (χ4n) is 4.53. The van der Waals surface area contributed by atoms with Crippen molar-refractivity contribution in [2.45, 2.75) is 45.2 Å².